The molecule has 2 heterocycles. The standard InChI is InChI=1S/C25H31N5O2/c1-7-8-20(14(2)3)22-15(4)9-10-18(27-22)13-21-16(5)11-19(12-17(21)6)30-25(32)28-24(31)23(26)29-30/h8-12,14H,7,13H2,1-6H3,(H2,26,29)(H,28,31,32)/b20-8-. The summed E-state index contributed by atoms with van der Waals surface area (Å²) < 4.78 is 1.12. The minimum atomic E-state index is -0.685. The van der Waals surface area contributed by atoms with Crippen LogP contribution in [0.5, 0.6) is 0 Å². The highest BCUT2D eigenvalue weighted by Crippen LogP contribution is 2.27. The summed E-state index contributed by atoms with van der Waals surface area (Å²) >= 11 is 0. The van der Waals surface area contributed by atoms with Gasteiger partial charge in [0.25, 0.3) is 5.56 Å². The number of rotatable bonds is 6. The monoisotopic (exact) mass is 433 g/mol. The molecule has 168 valence electrons. The van der Waals surface area contributed by atoms with Crippen LogP contribution in [-0.4, -0.2) is 19.7 Å². The molecular weight excluding hydrogens is 402 g/mol. The first-order valence-electron chi connectivity index (χ1n) is 10.9. The van der Waals surface area contributed by atoms with Crippen LogP contribution in [0, 0.1) is 26.7 Å². The average molecular weight is 434 g/mol. The van der Waals surface area contributed by atoms with Gasteiger partial charge < -0.3 is 5.73 Å². The van der Waals surface area contributed by atoms with Gasteiger partial charge in [0.05, 0.1) is 11.4 Å². The molecule has 0 atom stereocenters. The van der Waals surface area contributed by atoms with Crippen LogP contribution in [0.3, 0.4) is 0 Å². The largest absolute Gasteiger partial charge is 0.378 e. The van der Waals surface area contributed by atoms with Gasteiger partial charge in [-0.05, 0) is 79.1 Å². The van der Waals surface area contributed by atoms with Gasteiger partial charge in [0.2, 0.25) is 5.82 Å². The number of aryl methyl sites for hydroxylation is 3. The number of H-pyrrole nitrogens is 1. The SMILES string of the molecule is CC/C=C(\c1nc(Cc2c(C)cc(-n3nc(N)c(=O)[nH]c3=O)cc2C)ccc1C)C(C)C. The second-order valence-electron chi connectivity index (χ2n) is 8.48. The van der Waals surface area contributed by atoms with E-state index in [4.69, 9.17) is 10.7 Å². The van der Waals surface area contributed by atoms with Crippen molar-refractivity contribution in [3.63, 3.8) is 0 Å². The maximum Gasteiger partial charge on any atom is 0.349 e. The van der Waals surface area contributed by atoms with E-state index in [-0.39, 0.29) is 5.82 Å². The van der Waals surface area contributed by atoms with Gasteiger partial charge in [0, 0.05) is 12.1 Å². The highest BCUT2D eigenvalue weighted by molar-refractivity contribution is 5.66. The zero-order valence-electron chi connectivity index (χ0n) is 19.6. The lowest BCUT2D eigenvalue weighted by Crippen LogP contribution is -2.33. The lowest BCUT2D eigenvalue weighted by Gasteiger charge is -2.17. The zero-order chi connectivity index (χ0) is 23.6. The van der Waals surface area contributed by atoms with E-state index in [0.29, 0.717) is 18.0 Å². The molecule has 0 saturated heterocycles. The van der Waals surface area contributed by atoms with Gasteiger partial charge in [-0.3, -0.25) is 14.8 Å². The van der Waals surface area contributed by atoms with E-state index in [1.165, 1.54) is 11.1 Å². The summed E-state index contributed by atoms with van der Waals surface area (Å²) in [6.07, 6.45) is 3.91. The number of allylic oxidation sites excluding steroid dienone is 2. The summed E-state index contributed by atoms with van der Waals surface area (Å²) in [6, 6.07) is 7.96. The Bertz CT molecular complexity index is 1280. The van der Waals surface area contributed by atoms with Gasteiger partial charge in [-0.1, -0.05) is 32.9 Å². The van der Waals surface area contributed by atoms with E-state index < -0.39 is 11.2 Å². The van der Waals surface area contributed by atoms with Gasteiger partial charge in [-0.2, -0.15) is 4.68 Å². The number of aromatic nitrogens is 4. The molecule has 1 aromatic carbocycles. The number of pyridine rings is 1. The Balaban J connectivity index is 2.02. The number of hydrogen-bond acceptors (Lipinski definition) is 5. The summed E-state index contributed by atoms with van der Waals surface area (Å²) in [6.45, 7) is 12.6. The third kappa shape index (κ3) is 4.72. The van der Waals surface area contributed by atoms with Crippen LogP contribution < -0.4 is 17.0 Å². The number of nitrogens with zero attached hydrogens (tertiary/aromatic N) is 3. The molecule has 0 saturated carbocycles. The maximum absolute atomic E-state index is 12.2. The lowest BCUT2D eigenvalue weighted by atomic mass is 9.94. The Hall–Kier alpha value is -3.48. The molecule has 3 N–H and O–H groups in total. The van der Waals surface area contributed by atoms with Crippen molar-refractivity contribution >= 4 is 11.4 Å². The Kier molecular flexibility index (Phi) is 6.77. The van der Waals surface area contributed by atoms with Crippen LogP contribution >= 0.6 is 0 Å². The number of nitrogens with one attached hydrogen (secondary N) is 1. The van der Waals surface area contributed by atoms with Crippen molar-refractivity contribution in [2.75, 3.05) is 5.73 Å². The minimum absolute atomic E-state index is 0.249. The fourth-order valence-electron chi connectivity index (χ4n) is 3.93. The van der Waals surface area contributed by atoms with Crippen LogP contribution in [0.4, 0.5) is 5.82 Å². The third-order valence-electron chi connectivity index (χ3n) is 5.61. The molecule has 0 unspecified atom stereocenters. The number of benzene rings is 1. The quantitative estimate of drug-likeness (QED) is 0.614. The van der Waals surface area contributed by atoms with Crippen molar-refractivity contribution in [3.8, 4) is 5.69 Å². The second-order valence-corrected chi connectivity index (χ2v) is 8.48. The van der Waals surface area contributed by atoms with Crippen LogP contribution in [0.15, 0.2) is 39.9 Å². The van der Waals surface area contributed by atoms with E-state index in [1.807, 2.05) is 26.0 Å². The normalized spacial score (nSPS) is 11.9. The zero-order valence-corrected chi connectivity index (χ0v) is 19.6. The Morgan fingerprint density at radius 2 is 1.78 bits per heavy atom. The molecule has 3 aromatic rings. The summed E-state index contributed by atoms with van der Waals surface area (Å²) in [5.41, 5.74) is 12.5. The van der Waals surface area contributed by atoms with Gasteiger partial charge in [0.1, 0.15) is 0 Å². The molecule has 0 radical (unpaired) electrons. The minimum Gasteiger partial charge on any atom is -0.378 e. The third-order valence-corrected chi connectivity index (χ3v) is 5.61. The highest BCUT2D eigenvalue weighted by Gasteiger charge is 2.14. The lowest BCUT2D eigenvalue weighted by molar-refractivity contribution is 0.756. The molecule has 0 bridgehead atoms. The van der Waals surface area contributed by atoms with Crippen molar-refractivity contribution in [1.82, 2.24) is 19.7 Å². The molecule has 0 fully saturated rings. The number of hydrogen-bond donors (Lipinski definition) is 2. The molecule has 32 heavy (non-hydrogen) atoms. The number of aromatic amines is 1. The van der Waals surface area contributed by atoms with E-state index in [1.54, 1.807) is 0 Å². The van der Waals surface area contributed by atoms with Gasteiger partial charge >= 0.3 is 5.69 Å². The topological polar surface area (TPSA) is 107 Å². The maximum atomic E-state index is 12.2. The van der Waals surface area contributed by atoms with E-state index in [0.717, 1.165) is 39.2 Å². The van der Waals surface area contributed by atoms with Crippen LogP contribution in [0.25, 0.3) is 11.3 Å². The second kappa shape index (κ2) is 9.34. The van der Waals surface area contributed by atoms with Crippen molar-refractivity contribution < 1.29 is 0 Å². The molecule has 7 nitrogen and oxygen atoms in total. The Morgan fingerprint density at radius 3 is 2.38 bits per heavy atom. The molecule has 0 aliphatic rings. The highest BCUT2D eigenvalue weighted by atomic mass is 16.2. The van der Waals surface area contributed by atoms with Gasteiger partial charge in [-0.25, -0.2) is 4.79 Å². The van der Waals surface area contributed by atoms with E-state index in [2.05, 4.69) is 56.0 Å². The smallest absolute Gasteiger partial charge is 0.349 e. The fourth-order valence-corrected chi connectivity index (χ4v) is 3.93. The van der Waals surface area contributed by atoms with Crippen molar-refractivity contribution in [1.29, 1.82) is 0 Å². The number of anilines is 1. The number of nitrogen functional groups attached to an aromatic ring is 1. The molecular formula is C25H31N5O2. The van der Waals surface area contributed by atoms with E-state index >= 15 is 0 Å². The average Bonchev–Trinajstić information content (AvgIpc) is 2.72. The van der Waals surface area contributed by atoms with Crippen LogP contribution in [0.1, 0.15) is 60.8 Å². The molecule has 0 amide bonds. The molecule has 0 aliphatic heterocycles. The first-order valence-corrected chi connectivity index (χ1v) is 10.9. The summed E-state index contributed by atoms with van der Waals surface area (Å²) in [4.78, 5) is 30.9. The van der Waals surface area contributed by atoms with Crippen molar-refractivity contribution in [2.45, 2.75) is 54.4 Å². The predicted molar refractivity (Wildman–Crippen MR) is 129 cm³/mol. The van der Waals surface area contributed by atoms with Crippen molar-refractivity contribution in [3.05, 3.63) is 84.8 Å². The molecule has 3 rings (SSSR count). The van der Waals surface area contributed by atoms with Gasteiger partial charge in [-0.15, -0.1) is 5.10 Å². The molecule has 2 aromatic heterocycles. The summed E-state index contributed by atoms with van der Waals surface area (Å²) in [5.74, 6) is 0.149. The van der Waals surface area contributed by atoms with Gasteiger partial charge in [0.15, 0.2) is 0 Å². The summed E-state index contributed by atoms with van der Waals surface area (Å²) in [7, 11) is 0. The Morgan fingerprint density at radius 1 is 1.12 bits per heavy atom. The summed E-state index contributed by atoms with van der Waals surface area (Å²) in [5, 5.41) is 3.93. The predicted octanol–water partition coefficient (Wildman–Crippen LogP) is 3.86. The fraction of sp³-hybridized carbons (Fsp3) is 0.360. The molecule has 0 spiro atoms. The van der Waals surface area contributed by atoms with Crippen LogP contribution in [0.2, 0.25) is 0 Å². The van der Waals surface area contributed by atoms with Crippen LogP contribution in [-0.2, 0) is 6.42 Å². The van der Waals surface area contributed by atoms with E-state index in [9.17, 15) is 9.59 Å². The number of nitrogens with two attached hydrogens (primary N) is 1. The first-order chi connectivity index (χ1) is 15.1. The molecule has 0 aliphatic carbocycles. The first kappa shape index (κ1) is 23.2. The van der Waals surface area contributed by atoms with Crippen molar-refractivity contribution in [2.24, 2.45) is 5.92 Å². The molecule has 7 heteroatoms. The Labute approximate surface area is 188 Å².